The maximum Gasteiger partial charge on any atom is 0.419 e. The number of benzene rings is 1. The Bertz CT molecular complexity index is 492. The molecule has 1 unspecified atom stereocenters. The van der Waals surface area contributed by atoms with Gasteiger partial charge in [0.2, 0.25) is 0 Å². The maximum absolute atomic E-state index is 13.3. The lowest BCUT2D eigenvalue weighted by molar-refractivity contribution is -0.139. The van der Waals surface area contributed by atoms with E-state index in [2.05, 4.69) is 13.8 Å². The standard InChI is InChI=1S/C19H29F3NO/c1-4-5-6-7-8-13-24-17-10-9-15(11-12-18(2,3)23)14-16(17)19(20,21)22/h9-10,14H,2,4-8,11-13,23H2,1,3H3. The van der Waals surface area contributed by atoms with Gasteiger partial charge in [0.05, 0.1) is 12.2 Å². The number of halogens is 3. The van der Waals surface area contributed by atoms with Crippen LogP contribution in [-0.4, -0.2) is 12.1 Å². The van der Waals surface area contributed by atoms with Crippen molar-refractivity contribution in [2.45, 2.75) is 70.5 Å². The van der Waals surface area contributed by atoms with Gasteiger partial charge in [0, 0.05) is 5.54 Å². The summed E-state index contributed by atoms with van der Waals surface area (Å²) < 4.78 is 45.2. The Balaban J connectivity index is 2.70. The highest BCUT2D eigenvalue weighted by atomic mass is 19.4. The minimum atomic E-state index is -4.43. The second-order valence-corrected chi connectivity index (χ2v) is 6.74. The highest BCUT2D eigenvalue weighted by Gasteiger charge is 2.34. The molecule has 137 valence electrons. The Morgan fingerprint density at radius 3 is 2.38 bits per heavy atom. The molecule has 2 nitrogen and oxygen atoms in total. The molecule has 1 aromatic carbocycles. The highest BCUT2D eigenvalue weighted by Crippen LogP contribution is 2.37. The predicted molar refractivity (Wildman–Crippen MR) is 92.0 cm³/mol. The molecule has 0 saturated heterocycles. The molecule has 0 bridgehead atoms. The molecule has 24 heavy (non-hydrogen) atoms. The SMILES string of the molecule is [CH2]C(C)(N)CCc1ccc(OCCCCCCC)c(C(F)(F)F)c1. The second-order valence-electron chi connectivity index (χ2n) is 6.74. The van der Waals surface area contributed by atoms with Crippen molar-refractivity contribution in [1.29, 1.82) is 0 Å². The van der Waals surface area contributed by atoms with Gasteiger partial charge in [-0.3, -0.25) is 0 Å². The molecule has 0 amide bonds. The third kappa shape index (κ3) is 8.04. The van der Waals surface area contributed by atoms with Crippen LogP contribution >= 0.6 is 0 Å². The van der Waals surface area contributed by atoms with Crippen molar-refractivity contribution in [3.8, 4) is 5.75 Å². The number of hydrogen-bond acceptors (Lipinski definition) is 2. The molecule has 0 aliphatic carbocycles. The number of aryl methyl sites for hydroxylation is 1. The van der Waals surface area contributed by atoms with Crippen LogP contribution in [0.4, 0.5) is 13.2 Å². The van der Waals surface area contributed by atoms with E-state index in [4.69, 9.17) is 10.5 Å². The number of ether oxygens (including phenoxy) is 1. The Labute approximate surface area is 143 Å². The summed E-state index contributed by atoms with van der Waals surface area (Å²) in [5.41, 5.74) is 5.03. The minimum absolute atomic E-state index is 0.0909. The first-order valence-electron chi connectivity index (χ1n) is 8.60. The molecule has 1 radical (unpaired) electrons. The molecule has 0 aliphatic heterocycles. The van der Waals surface area contributed by atoms with Crippen molar-refractivity contribution < 1.29 is 17.9 Å². The first-order chi connectivity index (χ1) is 11.1. The van der Waals surface area contributed by atoms with E-state index in [1.54, 1.807) is 13.0 Å². The number of rotatable bonds is 10. The zero-order valence-corrected chi connectivity index (χ0v) is 14.7. The molecule has 1 rings (SSSR count). The average molecular weight is 344 g/mol. The summed E-state index contributed by atoms with van der Waals surface area (Å²) in [6.07, 6.45) is 1.67. The Morgan fingerprint density at radius 2 is 1.79 bits per heavy atom. The monoisotopic (exact) mass is 344 g/mol. The van der Waals surface area contributed by atoms with E-state index >= 15 is 0 Å². The topological polar surface area (TPSA) is 35.2 Å². The second kappa shape index (κ2) is 9.30. The summed E-state index contributed by atoms with van der Waals surface area (Å²) in [6, 6.07) is 4.26. The summed E-state index contributed by atoms with van der Waals surface area (Å²) in [7, 11) is 0. The fraction of sp³-hybridized carbons (Fsp3) is 0.632. The van der Waals surface area contributed by atoms with E-state index in [0.29, 0.717) is 25.0 Å². The van der Waals surface area contributed by atoms with Crippen LogP contribution in [0.5, 0.6) is 5.75 Å². The first-order valence-corrected chi connectivity index (χ1v) is 8.60. The van der Waals surface area contributed by atoms with E-state index in [1.165, 1.54) is 6.07 Å². The Kier molecular flexibility index (Phi) is 8.07. The summed E-state index contributed by atoms with van der Waals surface area (Å²) in [5.74, 6) is -0.0909. The largest absolute Gasteiger partial charge is 0.493 e. The fourth-order valence-electron chi connectivity index (χ4n) is 2.40. The first kappa shape index (κ1) is 20.8. The molecular formula is C19H29F3NO. The zero-order chi connectivity index (χ0) is 18.2. The van der Waals surface area contributed by atoms with Crippen molar-refractivity contribution in [3.05, 3.63) is 36.2 Å². The van der Waals surface area contributed by atoms with Gasteiger partial charge in [0.1, 0.15) is 5.75 Å². The van der Waals surface area contributed by atoms with Crippen LogP contribution in [-0.2, 0) is 12.6 Å². The molecule has 5 heteroatoms. The maximum atomic E-state index is 13.3. The molecule has 1 atom stereocenters. The van der Waals surface area contributed by atoms with E-state index < -0.39 is 17.3 Å². The quantitative estimate of drug-likeness (QED) is 0.566. The number of unbranched alkanes of at least 4 members (excludes halogenated alkanes) is 4. The molecule has 1 aromatic rings. The smallest absolute Gasteiger partial charge is 0.419 e. The van der Waals surface area contributed by atoms with Gasteiger partial charge in [-0.2, -0.15) is 13.2 Å². The number of alkyl halides is 3. The van der Waals surface area contributed by atoms with Gasteiger partial charge < -0.3 is 10.5 Å². The molecule has 0 aromatic heterocycles. The lowest BCUT2D eigenvalue weighted by atomic mass is 9.95. The van der Waals surface area contributed by atoms with E-state index in [1.807, 2.05) is 0 Å². The van der Waals surface area contributed by atoms with Gasteiger partial charge >= 0.3 is 6.18 Å². The van der Waals surface area contributed by atoms with Crippen molar-refractivity contribution in [3.63, 3.8) is 0 Å². The van der Waals surface area contributed by atoms with Crippen LogP contribution in [0.15, 0.2) is 18.2 Å². The van der Waals surface area contributed by atoms with E-state index in [0.717, 1.165) is 38.2 Å². The van der Waals surface area contributed by atoms with Crippen LogP contribution in [0.3, 0.4) is 0 Å². The third-order valence-corrected chi connectivity index (χ3v) is 3.84. The zero-order valence-electron chi connectivity index (χ0n) is 14.7. The Hall–Kier alpha value is -1.23. The minimum Gasteiger partial charge on any atom is -0.493 e. The molecule has 0 heterocycles. The van der Waals surface area contributed by atoms with Crippen molar-refractivity contribution in [2.75, 3.05) is 6.61 Å². The van der Waals surface area contributed by atoms with Crippen LogP contribution in [0.25, 0.3) is 0 Å². The summed E-state index contributed by atoms with van der Waals surface area (Å²) in [4.78, 5) is 0. The lowest BCUT2D eigenvalue weighted by Gasteiger charge is -2.19. The van der Waals surface area contributed by atoms with Gasteiger partial charge in [-0.05, 0) is 50.8 Å². The predicted octanol–water partition coefficient (Wildman–Crippen LogP) is 5.54. The molecule has 0 fully saturated rings. The molecule has 0 spiro atoms. The molecule has 0 aliphatic rings. The van der Waals surface area contributed by atoms with E-state index in [9.17, 15) is 13.2 Å². The van der Waals surface area contributed by atoms with Crippen LogP contribution in [0, 0.1) is 6.92 Å². The highest BCUT2D eigenvalue weighted by molar-refractivity contribution is 5.39. The van der Waals surface area contributed by atoms with Gasteiger partial charge in [0.15, 0.2) is 0 Å². The number of nitrogens with two attached hydrogens (primary N) is 1. The third-order valence-electron chi connectivity index (χ3n) is 3.84. The summed E-state index contributed by atoms with van der Waals surface area (Å²) in [6.45, 7) is 7.97. The van der Waals surface area contributed by atoms with Gasteiger partial charge in [-0.1, -0.05) is 38.7 Å². The molecule has 0 saturated carbocycles. The van der Waals surface area contributed by atoms with Crippen molar-refractivity contribution in [2.24, 2.45) is 5.73 Å². The van der Waals surface area contributed by atoms with Gasteiger partial charge in [-0.15, -0.1) is 0 Å². The molecular weight excluding hydrogens is 315 g/mol. The van der Waals surface area contributed by atoms with E-state index in [-0.39, 0.29) is 5.75 Å². The summed E-state index contributed by atoms with van der Waals surface area (Å²) >= 11 is 0. The fourth-order valence-corrected chi connectivity index (χ4v) is 2.40. The van der Waals surface area contributed by atoms with Crippen molar-refractivity contribution >= 4 is 0 Å². The average Bonchev–Trinajstić information content (AvgIpc) is 2.47. The van der Waals surface area contributed by atoms with Crippen LogP contribution < -0.4 is 10.5 Å². The number of hydrogen-bond donors (Lipinski definition) is 1. The molecule has 2 N–H and O–H groups in total. The van der Waals surface area contributed by atoms with Crippen molar-refractivity contribution in [1.82, 2.24) is 0 Å². The normalized spacial score (nSPS) is 12.5. The summed E-state index contributed by atoms with van der Waals surface area (Å²) in [5, 5.41) is 0. The van der Waals surface area contributed by atoms with Crippen LogP contribution in [0.2, 0.25) is 0 Å². The lowest BCUT2D eigenvalue weighted by Crippen LogP contribution is -2.32. The van der Waals surface area contributed by atoms with Crippen LogP contribution in [0.1, 0.15) is 63.5 Å². The van der Waals surface area contributed by atoms with Gasteiger partial charge in [-0.25, -0.2) is 0 Å². The van der Waals surface area contributed by atoms with Gasteiger partial charge in [0.25, 0.3) is 0 Å². The Morgan fingerprint density at radius 1 is 1.12 bits per heavy atom.